The van der Waals surface area contributed by atoms with Crippen molar-refractivity contribution in [1.29, 1.82) is 0 Å². The van der Waals surface area contributed by atoms with Crippen molar-refractivity contribution in [1.82, 2.24) is 5.32 Å². The van der Waals surface area contributed by atoms with E-state index in [-0.39, 0.29) is 29.9 Å². The van der Waals surface area contributed by atoms with Crippen LogP contribution < -0.4 is 5.32 Å². The number of carbonyl (C=O) groups excluding carboxylic acids is 2. The normalized spacial score (nSPS) is 11.7. The SMILES string of the molecule is CC(NC(=O)COC(=O)c1ccc(O)cc1)c1cccc2ccccc12. The van der Waals surface area contributed by atoms with Gasteiger partial charge in [-0.25, -0.2) is 4.79 Å². The molecule has 0 bridgehead atoms. The minimum Gasteiger partial charge on any atom is -0.508 e. The molecular weight excluding hydrogens is 330 g/mol. The fourth-order valence-corrected chi connectivity index (χ4v) is 2.80. The van der Waals surface area contributed by atoms with Crippen LogP contribution in [0.25, 0.3) is 10.8 Å². The van der Waals surface area contributed by atoms with Gasteiger partial charge in [0.15, 0.2) is 6.61 Å². The number of esters is 1. The van der Waals surface area contributed by atoms with E-state index in [0.29, 0.717) is 0 Å². The maximum atomic E-state index is 12.1. The Kier molecular flexibility index (Phi) is 5.17. The third-order valence-corrected chi connectivity index (χ3v) is 4.10. The molecule has 2 N–H and O–H groups in total. The summed E-state index contributed by atoms with van der Waals surface area (Å²) in [4.78, 5) is 24.0. The zero-order valence-electron chi connectivity index (χ0n) is 14.3. The lowest BCUT2D eigenvalue weighted by molar-refractivity contribution is -0.124. The number of nitrogens with one attached hydrogen (secondary N) is 1. The molecular formula is C21H19NO4. The van der Waals surface area contributed by atoms with Crippen molar-refractivity contribution in [3.63, 3.8) is 0 Å². The van der Waals surface area contributed by atoms with Crippen molar-refractivity contribution < 1.29 is 19.4 Å². The fourth-order valence-electron chi connectivity index (χ4n) is 2.80. The number of hydrogen-bond donors (Lipinski definition) is 2. The Morgan fingerprint density at radius 2 is 1.69 bits per heavy atom. The number of phenolic OH excluding ortho intramolecular Hbond substituents is 1. The number of phenols is 1. The van der Waals surface area contributed by atoms with Gasteiger partial charge in [-0.2, -0.15) is 0 Å². The largest absolute Gasteiger partial charge is 0.508 e. The summed E-state index contributed by atoms with van der Waals surface area (Å²) in [7, 11) is 0. The Balaban J connectivity index is 1.60. The summed E-state index contributed by atoms with van der Waals surface area (Å²) in [5.74, 6) is -0.932. The van der Waals surface area contributed by atoms with Gasteiger partial charge in [-0.05, 0) is 47.5 Å². The van der Waals surface area contributed by atoms with Gasteiger partial charge in [0.1, 0.15) is 5.75 Å². The summed E-state index contributed by atoms with van der Waals surface area (Å²) in [6.07, 6.45) is 0. The molecule has 3 rings (SSSR count). The van der Waals surface area contributed by atoms with Crippen LogP contribution in [0.5, 0.6) is 5.75 Å². The molecule has 0 aliphatic rings. The number of hydrogen-bond acceptors (Lipinski definition) is 4. The Bertz CT molecular complexity index is 929. The van der Waals surface area contributed by atoms with Crippen molar-refractivity contribution in [3.8, 4) is 5.75 Å². The molecule has 0 aromatic heterocycles. The minimum atomic E-state index is -0.613. The molecule has 0 heterocycles. The average molecular weight is 349 g/mol. The number of fused-ring (bicyclic) bond motifs is 1. The lowest BCUT2D eigenvalue weighted by Gasteiger charge is -2.16. The lowest BCUT2D eigenvalue weighted by atomic mass is 10.00. The van der Waals surface area contributed by atoms with Gasteiger partial charge >= 0.3 is 5.97 Å². The first-order chi connectivity index (χ1) is 12.5. The van der Waals surface area contributed by atoms with Gasteiger partial charge in [-0.1, -0.05) is 42.5 Å². The summed E-state index contributed by atoms with van der Waals surface area (Å²) < 4.78 is 5.02. The maximum absolute atomic E-state index is 12.1. The van der Waals surface area contributed by atoms with Gasteiger partial charge in [0, 0.05) is 0 Å². The summed E-state index contributed by atoms with van der Waals surface area (Å²) in [5.41, 5.74) is 1.28. The van der Waals surface area contributed by atoms with Crippen molar-refractivity contribution in [2.24, 2.45) is 0 Å². The van der Waals surface area contributed by atoms with Crippen LogP contribution in [0.1, 0.15) is 28.9 Å². The highest BCUT2D eigenvalue weighted by Gasteiger charge is 2.14. The molecule has 3 aromatic carbocycles. The van der Waals surface area contributed by atoms with Gasteiger partial charge in [0.25, 0.3) is 5.91 Å². The van der Waals surface area contributed by atoms with E-state index in [2.05, 4.69) is 5.32 Å². The number of rotatable bonds is 5. The molecule has 1 unspecified atom stereocenters. The third kappa shape index (κ3) is 4.00. The average Bonchev–Trinajstić information content (AvgIpc) is 2.66. The first-order valence-electron chi connectivity index (χ1n) is 8.28. The highest BCUT2D eigenvalue weighted by Crippen LogP contribution is 2.23. The molecule has 5 nitrogen and oxygen atoms in total. The highest BCUT2D eigenvalue weighted by molar-refractivity contribution is 5.91. The number of benzene rings is 3. The van der Waals surface area contributed by atoms with Crippen molar-refractivity contribution >= 4 is 22.6 Å². The van der Waals surface area contributed by atoms with Crippen LogP contribution in [0, 0.1) is 0 Å². The number of amides is 1. The first-order valence-corrected chi connectivity index (χ1v) is 8.28. The van der Waals surface area contributed by atoms with Gasteiger partial charge in [-0.15, -0.1) is 0 Å². The van der Waals surface area contributed by atoms with Crippen molar-refractivity contribution in [2.45, 2.75) is 13.0 Å². The van der Waals surface area contributed by atoms with E-state index in [4.69, 9.17) is 4.74 Å². The van der Waals surface area contributed by atoms with Crippen LogP contribution in [0.3, 0.4) is 0 Å². The topological polar surface area (TPSA) is 75.6 Å². The Hall–Kier alpha value is -3.34. The van der Waals surface area contributed by atoms with Crippen LogP contribution in [-0.4, -0.2) is 23.6 Å². The summed E-state index contributed by atoms with van der Waals surface area (Å²) in [5, 5.41) is 14.2. The molecule has 0 radical (unpaired) electrons. The summed E-state index contributed by atoms with van der Waals surface area (Å²) in [6, 6.07) is 19.3. The standard InChI is InChI=1S/C21H19NO4/c1-14(18-8-4-6-15-5-2-3-7-19(15)18)22-20(24)13-26-21(25)16-9-11-17(23)12-10-16/h2-12,14,23H,13H2,1H3,(H,22,24). The molecule has 132 valence electrons. The Labute approximate surface area is 151 Å². The van der Waals surface area contributed by atoms with Crippen LogP contribution in [0.4, 0.5) is 0 Å². The summed E-state index contributed by atoms with van der Waals surface area (Å²) in [6.45, 7) is 1.52. The molecule has 26 heavy (non-hydrogen) atoms. The van der Waals surface area contributed by atoms with Gasteiger partial charge < -0.3 is 15.2 Å². The molecule has 0 spiro atoms. The number of ether oxygens (including phenoxy) is 1. The molecule has 5 heteroatoms. The molecule has 0 fully saturated rings. The highest BCUT2D eigenvalue weighted by atomic mass is 16.5. The monoisotopic (exact) mass is 349 g/mol. The first kappa shape index (κ1) is 17.5. The molecule has 0 saturated carbocycles. The van der Waals surface area contributed by atoms with E-state index in [0.717, 1.165) is 16.3 Å². The zero-order chi connectivity index (χ0) is 18.5. The molecule has 3 aromatic rings. The second kappa shape index (κ2) is 7.70. The predicted molar refractivity (Wildman–Crippen MR) is 98.9 cm³/mol. The van der Waals surface area contributed by atoms with E-state index in [1.54, 1.807) is 0 Å². The summed E-state index contributed by atoms with van der Waals surface area (Å²) >= 11 is 0. The molecule has 0 aliphatic heterocycles. The van der Waals surface area contributed by atoms with Crippen molar-refractivity contribution in [3.05, 3.63) is 77.9 Å². The Morgan fingerprint density at radius 3 is 2.46 bits per heavy atom. The second-order valence-electron chi connectivity index (χ2n) is 5.98. The predicted octanol–water partition coefficient (Wildman–Crippen LogP) is 3.58. The van der Waals surface area contributed by atoms with Gasteiger partial charge in [0.05, 0.1) is 11.6 Å². The van der Waals surface area contributed by atoms with E-state index >= 15 is 0 Å². The third-order valence-electron chi connectivity index (χ3n) is 4.10. The molecule has 1 atom stereocenters. The smallest absolute Gasteiger partial charge is 0.338 e. The molecule has 1 amide bonds. The minimum absolute atomic E-state index is 0.0585. The Morgan fingerprint density at radius 1 is 1.00 bits per heavy atom. The number of carbonyl (C=O) groups is 2. The number of aromatic hydroxyl groups is 1. The fraction of sp³-hybridized carbons (Fsp3) is 0.143. The van der Waals surface area contributed by atoms with E-state index in [1.165, 1.54) is 24.3 Å². The zero-order valence-corrected chi connectivity index (χ0v) is 14.3. The molecule has 0 saturated heterocycles. The van der Waals surface area contributed by atoms with Crippen molar-refractivity contribution in [2.75, 3.05) is 6.61 Å². The van der Waals surface area contributed by atoms with E-state index in [1.807, 2.05) is 49.4 Å². The second-order valence-corrected chi connectivity index (χ2v) is 5.98. The van der Waals surface area contributed by atoms with E-state index < -0.39 is 5.97 Å². The molecule has 0 aliphatic carbocycles. The van der Waals surface area contributed by atoms with Crippen LogP contribution in [0.15, 0.2) is 66.7 Å². The van der Waals surface area contributed by atoms with Crippen LogP contribution in [-0.2, 0) is 9.53 Å². The lowest BCUT2D eigenvalue weighted by Crippen LogP contribution is -2.31. The van der Waals surface area contributed by atoms with Crippen LogP contribution >= 0.6 is 0 Å². The van der Waals surface area contributed by atoms with Gasteiger partial charge in [-0.3, -0.25) is 4.79 Å². The maximum Gasteiger partial charge on any atom is 0.338 e. The van der Waals surface area contributed by atoms with E-state index in [9.17, 15) is 14.7 Å². The van der Waals surface area contributed by atoms with Gasteiger partial charge in [0.2, 0.25) is 0 Å². The van der Waals surface area contributed by atoms with Crippen LogP contribution in [0.2, 0.25) is 0 Å². The quantitative estimate of drug-likeness (QED) is 0.691.